The number of anilines is 1. The van der Waals surface area contributed by atoms with Crippen LogP contribution in [0.25, 0.3) is 0 Å². The topological polar surface area (TPSA) is 89.4 Å². The van der Waals surface area contributed by atoms with E-state index in [-0.39, 0.29) is 16.1 Å². The fourth-order valence-electron chi connectivity index (χ4n) is 0.424. The van der Waals surface area contributed by atoms with Crippen LogP contribution in [0.2, 0.25) is 0 Å². The Hall–Kier alpha value is -1.04. The van der Waals surface area contributed by atoms with Gasteiger partial charge >= 0.3 is 5.97 Å². The zero-order valence-electron chi connectivity index (χ0n) is 4.67. The van der Waals surface area contributed by atoms with Gasteiger partial charge in [0.25, 0.3) is 5.76 Å². The van der Waals surface area contributed by atoms with E-state index in [0.29, 0.717) is 0 Å². The van der Waals surface area contributed by atoms with Gasteiger partial charge in [-0.1, -0.05) is 5.16 Å². The van der Waals surface area contributed by atoms with E-state index < -0.39 is 5.97 Å². The number of aromatic nitrogens is 1. The Morgan fingerprint density at radius 1 is 1.80 bits per heavy atom. The van der Waals surface area contributed by atoms with Crippen LogP contribution >= 0.6 is 15.9 Å². The summed E-state index contributed by atoms with van der Waals surface area (Å²) in [5, 5.41) is 11.6. The van der Waals surface area contributed by atoms with Crippen molar-refractivity contribution in [3.63, 3.8) is 0 Å². The summed E-state index contributed by atoms with van der Waals surface area (Å²) in [5.74, 6) is -1.44. The molecule has 0 saturated carbocycles. The molecule has 0 spiro atoms. The lowest BCUT2D eigenvalue weighted by Crippen LogP contribution is -1.94. The number of hydrogen-bond acceptors (Lipinski definition) is 4. The van der Waals surface area contributed by atoms with Gasteiger partial charge in [0.1, 0.15) is 4.47 Å². The highest BCUT2D eigenvalue weighted by molar-refractivity contribution is 9.10. The molecule has 1 aromatic heterocycles. The van der Waals surface area contributed by atoms with Gasteiger partial charge in [-0.15, -0.1) is 0 Å². The Morgan fingerprint density at radius 3 is 2.60 bits per heavy atom. The molecule has 0 atom stereocenters. The standard InChI is InChI=1S/C4H3BrN2O3/c5-1-2(4(8)9)10-7-3(1)6/h(H2,6,7)(H,8,9). The third-order valence-electron chi connectivity index (χ3n) is 0.854. The molecule has 5 nitrogen and oxygen atoms in total. The molecule has 0 fully saturated rings. The summed E-state index contributed by atoms with van der Waals surface area (Å²) in [6.45, 7) is 0. The normalized spacial score (nSPS) is 9.70. The molecule has 0 aliphatic carbocycles. The molecule has 0 aromatic carbocycles. The van der Waals surface area contributed by atoms with Gasteiger partial charge < -0.3 is 15.4 Å². The van der Waals surface area contributed by atoms with Crippen LogP contribution in [0.3, 0.4) is 0 Å². The average Bonchev–Trinajstić information content (AvgIpc) is 2.14. The number of hydrogen-bond donors (Lipinski definition) is 2. The molecule has 3 N–H and O–H groups in total. The monoisotopic (exact) mass is 206 g/mol. The number of carboxylic acids is 1. The quantitative estimate of drug-likeness (QED) is 0.707. The van der Waals surface area contributed by atoms with Crippen LogP contribution in [0, 0.1) is 0 Å². The van der Waals surface area contributed by atoms with Gasteiger partial charge in [0.15, 0.2) is 5.82 Å². The lowest BCUT2D eigenvalue weighted by atomic mass is 10.4. The maximum absolute atomic E-state index is 10.2. The first kappa shape index (κ1) is 7.07. The third kappa shape index (κ3) is 0.971. The van der Waals surface area contributed by atoms with Crippen LogP contribution in [-0.2, 0) is 0 Å². The van der Waals surface area contributed by atoms with Crippen LogP contribution in [0.5, 0.6) is 0 Å². The van der Waals surface area contributed by atoms with E-state index in [1.165, 1.54) is 0 Å². The van der Waals surface area contributed by atoms with E-state index in [1.54, 1.807) is 0 Å². The first-order valence-electron chi connectivity index (χ1n) is 2.27. The molecule has 0 aliphatic heterocycles. The minimum atomic E-state index is -1.20. The summed E-state index contributed by atoms with van der Waals surface area (Å²) >= 11 is 2.89. The first-order chi connectivity index (χ1) is 4.63. The molecule has 1 heterocycles. The van der Waals surface area contributed by atoms with Crippen molar-refractivity contribution in [2.45, 2.75) is 0 Å². The second kappa shape index (κ2) is 2.30. The lowest BCUT2D eigenvalue weighted by Gasteiger charge is -1.82. The van der Waals surface area contributed by atoms with Crippen LogP contribution < -0.4 is 5.73 Å². The van der Waals surface area contributed by atoms with Crippen LogP contribution in [-0.4, -0.2) is 16.2 Å². The average molecular weight is 207 g/mol. The molecular weight excluding hydrogens is 204 g/mol. The summed E-state index contributed by atoms with van der Waals surface area (Å²) in [5.41, 5.74) is 5.16. The number of aromatic carboxylic acids is 1. The van der Waals surface area contributed by atoms with Crippen molar-refractivity contribution >= 4 is 27.7 Å². The predicted molar refractivity (Wildman–Crippen MR) is 35.6 cm³/mol. The molecule has 0 amide bonds. The third-order valence-corrected chi connectivity index (χ3v) is 1.62. The fraction of sp³-hybridized carbons (Fsp3) is 0. The van der Waals surface area contributed by atoms with Gasteiger partial charge in [0.2, 0.25) is 0 Å². The van der Waals surface area contributed by atoms with E-state index >= 15 is 0 Å². The number of nitrogens with zero attached hydrogens (tertiary/aromatic N) is 1. The van der Waals surface area contributed by atoms with Crippen molar-refractivity contribution in [2.75, 3.05) is 5.73 Å². The van der Waals surface area contributed by atoms with E-state index in [0.717, 1.165) is 0 Å². The zero-order chi connectivity index (χ0) is 7.72. The van der Waals surface area contributed by atoms with E-state index in [2.05, 4.69) is 25.6 Å². The highest BCUT2D eigenvalue weighted by Crippen LogP contribution is 2.22. The van der Waals surface area contributed by atoms with Crippen LogP contribution in [0.15, 0.2) is 9.00 Å². The molecule has 54 valence electrons. The highest BCUT2D eigenvalue weighted by atomic mass is 79.9. The SMILES string of the molecule is Nc1noc(C(=O)O)c1Br. The van der Waals surface area contributed by atoms with E-state index in [9.17, 15) is 4.79 Å². The largest absolute Gasteiger partial charge is 0.475 e. The molecule has 1 aromatic rings. The van der Waals surface area contributed by atoms with E-state index in [4.69, 9.17) is 10.8 Å². The Balaban J connectivity index is 3.17. The van der Waals surface area contributed by atoms with Gasteiger partial charge in [-0.25, -0.2) is 4.79 Å². The Labute approximate surface area is 63.9 Å². The van der Waals surface area contributed by atoms with Gasteiger partial charge in [-0.2, -0.15) is 0 Å². The number of carbonyl (C=O) groups is 1. The lowest BCUT2D eigenvalue weighted by molar-refractivity contribution is 0.0651. The molecule has 6 heteroatoms. The van der Waals surface area contributed by atoms with Gasteiger partial charge in [-0.3, -0.25) is 0 Å². The fourth-order valence-corrected chi connectivity index (χ4v) is 0.739. The smallest absolute Gasteiger partial charge is 0.376 e. The Kier molecular flexibility index (Phi) is 1.62. The summed E-state index contributed by atoms with van der Waals surface area (Å²) in [6.07, 6.45) is 0. The summed E-state index contributed by atoms with van der Waals surface area (Å²) in [7, 11) is 0. The molecule has 10 heavy (non-hydrogen) atoms. The van der Waals surface area contributed by atoms with Crippen molar-refractivity contribution in [1.29, 1.82) is 0 Å². The van der Waals surface area contributed by atoms with Crippen molar-refractivity contribution < 1.29 is 14.4 Å². The molecule has 1 rings (SSSR count). The van der Waals surface area contributed by atoms with Crippen molar-refractivity contribution in [2.24, 2.45) is 0 Å². The zero-order valence-corrected chi connectivity index (χ0v) is 6.25. The summed E-state index contributed by atoms with van der Waals surface area (Å²) in [4.78, 5) is 10.2. The number of nitrogens with two attached hydrogens (primary N) is 1. The summed E-state index contributed by atoms with van der Waals surface area (Å²) < 4.78 is 4.52. The molecule has 0 aliphatic rings. The molecule has 0 bridgehead atoms. The molecular formula is C4H3BrN2O3. The molecule has 0 unspecified atom stereocenters. The number of halogens is 1. The van der Waals surface area contributed by atoms with Crippen molar-refractivity contribution in [3.8, 4) is 0 Å². The molecule has 0 radical (unpaired) electrons. The Bertz CT molecular complexity index is 269. The van der Waals surface area contributed by atoms with Crippen molar-refractivity contribution in [3.05, 3.63) is 10.2 Å². The second-order valence-corrected chi connectivity index (χ2v) is 2.31. The minimum absolute atomic E-state index is 0.0393. The van der Waals surface area contributed by atoms with Crippen molar-refractivity contribution in [1.82, 2.24) is 5.16 Å². The van der Waals surface area contributed by atoms with E-state index in [1.807, 2.05) is 0 Å². The summed E-state index contributed by atoms with van der Waals surface area (Å²) in [6, 6.07) is 0. The predicted octanol–water partition coefficient (Wildman–Crippen LogP) is 0.718. The van der Waals surface area contributed by atoms with Gasteiger partial charge in [0, 0.05) is 0 Å². The number of nitrogen functional groups attached to an aromatic ring is 1. The molecule has 0 saturated heterocycles. The van der Waals surface area contributed by atoms with Crippen LogP contribution in [0.4, 0.5) is 5.82 Å². The highest BCUT2D eigenvalue weighted by Gasteiger charge is 2.16. The maximum Gasteiger partial charge on any atom is 0.376 e. The van der Waals surface area contributed by atoms with Gasteiger partial charge in [-0.05, 0) is 15.9 Å². The Morgan fingerprint density at radius 2 is 2.40 bits per heavy atom. The minimum Gasteiger partial charge on any atom is -0.475 e. The van der Waals surface area contributed by atoms with Gasteiger partial charge in [0.05, 0.1) is 0 Å². The first-order valence-corrected chi connectivity index (χ1v) is 3.06. The van der Waals surface area contributed by atoms with Crippen LogP contribution in [0.1, 0.15) is 10.6 Å². The number of carboxylic acid groups (broad SMARTS) is 1. The maximum atomic E-state index is 10.2. The number of rotatable bonds is 1. The second-order valence-electron chi connectivity index (χ2n) is 1.52.